The molecule has 4 rings (SSSR count). The van der Waals surface area contributed by atoms with Crippen molar-refractivity contribution < 1.29 is 13.9 Å². The van der Waals surface area contributed by atoms with Crippen LogP contribution in [0.2, 0.25) is 0 Å². The molecule has 1 saturated heterocycles. The molecule has 2 aromatic carbocycles. The highest BCUT2D eigenvalue weighted by molar-refractivity contribution is 5.78. The Labute approximate surface area is 178 Å². The molecule has 1 aliphatic heterocycles. The third-order valence-corrected chi connectivity index (χ3v) is 5.53. The molecule has 0 radical (unpaired) electrons. The van der Waals surface area contributed by atoms with Gasteiger partial charge in [0, 0.05) is 19.0 Å². The fraction of sp³-hybridized carbons (Fsp3) is 0.440. The van der Waals surface area contributed by atoms with Crippen LogP contribution >= 0.6 is 0 Å². The van der Waals surface area contributed by atoms with Gasteiger partial charge in [-0.15, -0.1) is 0 Å². The molecule has 0 unspecified atom stereocenters. The lowest BCUT2D eigenvalue weighted by atomic mass is 9.88. The van der Waals surface area contributed by atoms with Gasteiger partial charge in [0.2, 0.25) is 0 Å². The van der Waals surface area contributed by atoms with Crippen LogP contribution in [0, 0.1) is 5.41 Å². The van der Waals surface area contributed by atoms with Crippen molar-refractivity contribution in [1.82, 2.24) is 9.88 Å². The van der Waals surface area contributed by atoms with Crippen molar-refractivity contribution in [2.75, 3.05) is 19.7 Å². The highest BCUT2D eigenvalue weighted by Crippen LogP contribution is 2.30. The van der Waals surface area contributed by atoms with Crippen molar-refractivity contribution in [3.8, 4) is 5.75 Å². The Bertz CT molecular complexity index is 960. The van der Waals surface area contributed by atoms with Crippen molar-refractivity contribution in [1.29, 1.82) is 0 Å². The molecule has 0 N–H and O–H groups in total. The van der Waals surface area contributed by atoms with E-state index >= 15 is 0 Å². The Morgan fingerprint density at radius 1 is 1.10 bits per heavy atom. The Hall–Kier alpha value is -2.82. The van der Waals surface area contributed by atoms with E-state index < -0.39 is 0 Å². The molecule has 158 valence electrons. The standard InChI is InChI=1S/C25H30N2O3/c1-25(2,3)16-18-8-10-20(11-9-18)29-17-23(28)27-14-12-19(13-15-27)24-26-21-6-4-5-7-22(21)30-24/h4-11,19H,12-17H2,1-3H3. The first-order chi connectivity index (χ1) is 14.4. The molecular weight excluding hydrogens is 376 g/mol. The molecule has 0 bridgehead atoms. The van der Waals surface area contributed by atoms with Gasteiger partial charge in [-0.05, 0) is 54.5 Å². The van der Waals surface area contributed by atoms with Gasteiger partial charge in [0.05, 0.1) is 0 Å². The number of aromatic nitrogens is 1. The summed E-state index contributed by atoms with van der Waals surface area (Å²) in [5, 5.41) is 0. The summed E-state index contributed by atoms with van der Waals surface area (Å²) >= 11 is 0. The van der Waals surface area contributed by atoms with Crippen LogP contribution in [0.1, 0.15) is 51.0 Å². The number of para-hydroxylation sites is 2. The maximum Gasteiger partial charge on any atom is 0.260 e. The summed E-state index contributed by atoms with van der Waals surface area (Å²) < 4.78 is 11.6. The van der Waals surface area contributed by atoms with Gasteiger partial charge in [0.25, 0.3) is 5.91 Å². The number of hydrogen-bond donors (Lipinski definition) is 0. The van der Waals surface area contributed by atoms with Gasteiger partial charge in [-0.3, -0.25) is 4.79 Å². The van der Waals surface area contributed by atoms with Gasteiger partial charge in [0.1, 0.15) is 11.3 Å². The SMILES string of the molecule is CC(C)(C)Cc1ccc(OCC(=O)N2CCC(c3nc4ccccc4o3)CC2)cc1. The average molecular weight is 407 g/mol. The molecule has 1 aromatic heterocycles. The van der Waals surface area contributed by atoms with E-state index in [0.717, 1.165) is 42.0 Å². The molecular formula is C25H30N2O3. The van der Waals surface area contributed by atoms with Crippen molar-refractivity contribution in [3.63, 3.8) is 0 Å². The van der Waals surface area contributed by atoms with E-state index in [1.807, 2.05) is 41.3 Å². The molecule has 0 atom stereocenters. The molecule has 2 heterocycles. The number of likely N-dealkylation sites (tertiary alicyclic amines) is 1. The van der Waals surface area contributed by atoms with Crippen LogP contribution in [-0.4, -0.2) is 35.5 Å². The summed E-state index contributed by atoms with van der Waals surface area (Å²) in [6.45, 7) is 8.16. The van der Waals surface area contributed by atoms with Crippen LogP contribution in [0.3, 0.4) is 0 Å². The van der Waals surface area contributed by atoms with Crippen LogP contribution in [-0.2, 0) is 11.2 Å². The van der Waals surface area contributed by atoms with Gasteiger partial charge in [-0.1, -0.05) is 45.0 Å². The topological polar surface area (TPSA) is 55.6 Å². The monoisotopic (exact) mass is 406 g/mol. The van der Waals surface area contributed by atoms with E-state index in [1.165, 1.54) is 5.56 Å². The number of benzene rings is 2. The van der Waals surface area contributed by atoms with Crippen molar-refractivity contribution in [2.45, 2.75) is 46.0 Å². The molecule has 5 heteroatoms. The number of rotatable bonds is 5. The summed E-state index contributed by atoms with van der Waals surface area (Å²) in [6.07, 6.45) is 2.74. The van der Waals surface area contributed by atoms with Crippen molar-refractivity contribution in [3.05, 3.63) is 60.0 Å². The van der Waals surface area contributed by atoms with Gasteiger partial charge in [-0.2, -0.15) is 0 Å². The first-order valence-corrected chi connectivity index (χ1v) is 10.7. The number of carbonyl (C=O) groups excluding carboxylic acids is 1. The third kappa shape index (κ3) is 5.02. The number of piperidine rings is 1. The van der Waals surface area contributed by atoms with E-state index in [9.17, 15) is 4.79 Å². The second kappa shape index (κ2) is 8.50. The van der Waals surface area contributed by atoms with Gasteiger partial charge in [-0.25, -0.2) is 4.98 Å². The maximum atomic E-state index is 12.6. The largest absolute Gasteiger partial charge is 0.484 e. The molecule has 0 saturated carbocycles. The average Bonchev–Trinajstić information content (AvgIpc) is 3.16. The van der Waals surface area contributed by atoms with E-state index in [1.54, 1.807) is 0 Å². The van der Waals surface area contributed by atoms with Crippen molar-refractivity contribution in [2.24, 2.45) is 5.41 Å². The molecule has 1 amide bonds. The summed E-state index contributed by atoms with van der Waals surface area (Å²) in [4.78, 5) is 19.1. The summed E-state index contributed by atoms with van der Waals surface area (Å²) in [5.74, 6) is 1.82. The normalized spacial score (nSPS) is 15.5. The first kappa shape index (κ1) is 20.5. The lowest BCUT2D eigenvalue weighted by molar-refractivity contribution is -0.134. The first-order valence-electron chi connectivity index (χ1n) is 10.7. The van der Waals surface area contributed by atoms with E-state index in [-0.39, 0.29) is 23.8 Å². The smallest absolute Gasteiger partial charge is 0.260 e. The lowest BCUT2D eigenvalue weighted by Crippen LogP contribution is -2.40. The van der Waals surface area contributed by atoms with Gasteiger partial charge >= 0.3 is 0 Å². The fourth-order valence-corrected chi connectivity index (χ4v) is 3.99. The molecule has 3 aromatic rings. The zero-order valence-electron chi connectivity index (χ0n) is 18.1. The van der Waals surface area contributed by atoms with Gasteiger partial charge < -0.3 is 14.1 Å². The van der Waals surface area contributed by atoms with Crippen LogP contribution in [0.5, 0.6) is 5.75 Å². The summed E-state index contributed by atoms with van der Waals surface area (Å²) in [7, 11) is 0. The zero-order valence-corrected chi connectivity index (χ0v) is 18.1. The Morgan fingerprint density at radius 3 is 2.47 bits per heavy atom. The molecule has 30 heavy (non-hydrogen) atoms. The molecule has 0 spiro atoms. The molecule has 0 aliphatic carbocycles. The Morgan fingerprint density at radius 2 is 1.80 bits per heavy atom. The Kier molecular flexibility index (Phi) is 5.80. The quantitative estimate of drug-likeness (QED) is 0.584. The predicted molar refractivity (Wildman–Crippen MR) is 118 cm³/mol. The van der Waals surface area contributed by atoms with E-state index in [0.29, 0.717) is 13.1 Å². The molecule has 1 aliphatic rings. The third-order valence-electron chi connectivity index (χ3n) is 5.53. The maximum absolute atomic E-state index is 12.6. The van der Waals surface area contributed by atoms with Crippen LogP contribution in [0.4, 0.5) is 0 Å². The predicted octanol–water partition coefficient (Wildman–Crippen LogP) is 5.20. The number of hydrogen-bond acceptors (Lipinski definition) is 4. The highest BCUT2D eigenvalue weighted by atomic mass is 16.5. The number of fused-ring (bicyclic) bond motifs is 1. The minimum Gasteiger partial charge on any atom is -0.484 e. The second-order valence-corrected chi connectivity index (χ2v) is 9.34. The van der Waals surface area contributed by atoms with Crippen LogP contribution in [0.25, 0.3) is 11.1 Å². The van der Waals surface area contributed by atoms with E-state index in [4.69, 9.17) is 9.15 Å². The number of ether oxygens (including phenoxy) is 1. The summed E-state index contributed by atoms with van der Waals surface area (Å²) in [6, 6.07) is 15.9. The minimum absolute atomic E-state index is 0.0322. The summed E-state index contributed by atoms with van der Waals surface area (Å²) in [5.41, 5.74) is 3.26. The second-order valence-electron chi connectivity index (χ2n) is 9.34. The van der Waals surface area contributed by atoms with Crippen molar-refractivity contribution >= 4 is 17.0 Å². The molecule has 1 fully saturated rings. The van der Waals surface area contributed by atoms with Crippen LogP contribution < -0.4 is 4.74 Å². The highest BCUT2D eigenvalue weighted by Gasteiger charge is 2.27. The lowest BCUT2D eigenvalue weighted by Gasteiger charge is -2.30. The number of nitrogens with zero attached hydrogens (tertiary/aromatic N) is 2. The zero-order chi connectivity index (χ0) is 21.1. The van der Waals surface area contributed by atoms with Crippen LogP contribution in [0.15, 0.2) is 52.9 Å². The van der Waals surface area contributed by atoms with E-state index in [2.05, 4.69) is 37.9 Å². The Balaban J connectivity index is 1.26. The number of carbonyl (C=O) groups is 1. The minimum atomic E-state index is 0.0322. The number of amides is 1. The fourth-order valence-electron chi connectivity index (χ4n) is 3.99. The number of oxazole rings is 1. The van der Waals surface area contributed by atoms with Gasteiger partial charge in [0.15, 0.2) is 18.1 Å². The molecule has 5 nitrogen and oxygen atoms in total.